The van der Waals surface area contributed by atoms with Crippen LogP contribution >= 0.6 is 15.9 Å². The average molecular weight is 401 g/mol. The highest BCUT2D eigenvalue weighted by atomic mass is 79.9. The highest BCUT2D eigenvalue weighted by molar-refractivity contribution is 9.10. The first-order valence-corrected chi connectivity index (χ1v) is 7.54. The number of rotatable bonds is 7. The van der Waals surface area contributed by atoms with Crippen LogP contribution in [0.3, 0.4) is 0 Å². The van der Waals surface area contributed by atoms with E-state index in [0.29, 0.717) is 21.5 Å². The van der Waals surface area contributed by atoms with Gasteiger partial charge in [-0.25, -0.2) is 9.59 Å². The molecule has 0 bridgehead atoms. The first-order valence-electron chi connectivity index (χ1n) is 6.75. The van der Waals surface area contributed by atoms with Gasteiger partial charge in [0.25, 0.3) is 0 Å². The third-order valence-electron chi connectivity index (χ3n) is 2.78. The number of esters is 3. The van der Waals surface area contributed by atoms with Crippen molar-refractivity contribution < 1.29 is 33.3 Å². The molecule has 24 heavy (non-hydrogen) atoms. The van der Waals surface area contributed by atoms with Crippen molar-refractivity contribution in [3.63, 3.8) is 0 Å². The maximum Gasteiger partial charge on any atom is 0.351 e. The van der Waals surface area contributed by atoms with Gasteiger partial charge in [-0.2, -0.15) is 0 Å². The molecule has 0 aliphatic rings. The van der Waals surface area contributed by atoms with E-state index in [4.69, 9.17) is 9.47 Å². The van der Waals surface area contributed by atoms with Crippen LogP contribution in [0.4, 0.5) is 0 Å². The van der Waals surface area contributed by atoms with Gasteiger partial charge in [-0.05, 0) is 24.6 Å². The Bertz CT molecular complexity index is 667. The summed E-state index contributed by atoms with van der Waals surface area (Å²) in [6, 6.07) is 3.23. The van der Waals surface area contributed by atoms with Gasteiger partial charge in [0.15, 0.2) is 18.1 Å². The summed E-state index contributed by atoms with van der Waals surface area (Å²) < 4.78 is 20.1. The zero-order valence-corrected chi connectivity index (χ0v) is 15.1. The Kier molecular flexibility index (Phi) is 7.44. The lowest BCUT2D eigenvalue weighted by atomic mass is 10.1. The Labute approximate surface area is 147 Å². The summed E-state index contributed by atoms with van der Waals surface area (Å²) in [5.41, 5.74) is 0.688. The lowest BCUT2D eigenvalue weighted by Gasteiger charge is -2.11. The van der Waals surface area contributed by atoms with Crippen molar-refractivity contribution in [1.29, 1.82) is 0 Å². The van der Waals surface area contributed by atoms with Crippen molar-refractivity contribution in [3.05, 3.63) is 34.3 Å². The van der Waals surface area contributed by atoms with Crippen LogP contribution in [0.25, 0.3) is 0 Å². The van der Waals surface area contributed by atoms with Crippen LogP contribution in [0.1, 0.15) is 12.5 Å². The van der Waals surface area contributed by atoms with E-state index in [1.54, 1.807) is 12.1 Å². The molecule has 0 fully saturated rings. The third kappa shape index (κ3) is 5.69. The second-order valence-electron chi connectivity index (χ2n) is 4.68. The summed E-state index contributed by atoms with van der Waals surface area (Å²) in [5, 5.41) is 0. The summed E-state index contributed by atoms with van der Waals surface area (Å²) in [7, 11) is 2.95. The molecular formula is C16H17BrO7. The van der Waals surface area contributed by atoms with Gasteiger partial charge in [-0.1, -0.05) is 22.5 Å². The van der Waals surface area contributed by atoms with Gasteiger partial charge in [-0.15, -0.1) is 0 Å². The van der Waals surface area contributed by atoms with Gasteiger partial charge in [0.05, 0.1) is 20.6 Å². The minimum atomic E-state index is -0.966. The molecular weight excluding hydrogens is 384 g/mol. The van der Waals surface area contributed by atoms with Gasteiger partial charge in [0.2, 0.25) is 0 Å². The number of hydrogen-bond acceptors (Lipinski definition) is 7. The predicted molar refractivity (Wildman–Crippen MR) is 87.8 cm³/mol. The Balaban J connectivity index is 2.66. The lowest BCUT2D eigenvalue weighted by molar-refractivity contribution is -0.165. The zero-order chi connectivity index (χ0) is 18.3. The molecule has 8 heteroatoms. The molecule has 0 saturated carbocycles. The van der Waals surface area contributed by atoms with E-state index >= 15 is 0 Å². The van der Waals surface area contributed by atoms with E-state index in [0.717, 1.165) is 0 Å². The summed E-state index contributed by atoms with van der Waals surface area (Å²) in [6.07, 6.45) is -0.179. The molecule has 1 aromatic rings. The Morgan fingerprint density at radius 2 is 1.67 bits per heavy atom. The van der Waals surface area contributed by atoms with Gasteiger partial charge < -0.3 is 18.9 Å². The Hall–Kier alpha value is -2.35. The van der Waals surface area contributed by atoms with E-state index in [2.05, 4.69) is 32.0 Å². The minimum Gasteiger partial charge on any atom is -0.493 e. The topological polar surface area (TPSA) is 88.1 Å². The molecule has 1 rings (SSSR count). The van der Waals surface area contributed by atoms with E-state index < -0.39 is 24.5 Å². The summed E-state index contributed by atoms with van der Waals surface area (Å²) >= 11 is 3.30. The Morgan fingerprint density at radius 3 is 2.21 bits per heavy atom. The van der Waals surface area contributed by atoms with Crippen molar-refractivity contribution >= 4 is 33.8 Å². The minimum absolute atomic E-state index is 0.142. The van der Waals surface area contributed by atoms with Gasteiger partial charge in [0.1, 0.15) is 0 Å². The molecule has 0 N–H and O–H groups in total. The highest BCUT2D eigenvalue weighted by Crippen LogP contribution is 2.33. The van der Waals surface area contributed by atoms with E-state index in [1.807, 2.05) is 0 Å². The third-order valence-corrected chi connectivity index (χ3v) is 3.52. The number of hydrogen-bond donors (Lipinski definition) is 0. The van der Waals surface area contributed by atoms with Crippen molar-refractivity contribution in [2.45, 2.75) is 13.3 Å². The number of halogens is 1. The average Bonchev–Trinajstić information content (AvgIpc) is 2.53. The van der Waals surface area contributed by atoms with Crippen molar-refractivity contribution in [1.82, 2.24) is 0 Å². The largest absolute Gasteiger partial charge is 0.493 e. The lowest BCUT2D eigenvalue weighted by Crippen LogP contribution is -2.21. The van der Waals surface area contributed by atoms with Gasteiger partial charge >= 0.3 is 17.9 Å². The van der Waals surface area contributed by atoms with Crippen LogP contribution < -0.4 is 9.47 Å². The second kappa shape index (κ2) is 9.07. The molecule has 0 atom stereocenters. The predicted octanol–water partition coefficient (Wildman–Crippen LogP) is 2.20. The maximum absolute atomic E-state index is 11.8. The van der Waals surface area contributed by atoms with Crippen LogP contribution in [0.15, 0.2) is 28.8 Å². The smallest absolute Gasteiger partial charge is 0.351 e. The fourth-order valence-corrected chi connectivity index (χ4v) is 2.09. The molecule has 0 aliphatic carbocycles. The van der Waals surface area contributed by atoms with Crippen LogP contribution in [0.2, 0.25) is 0 Å². The zero-order valence-electron chi connectivity index (χ0n) is 13.5. The SMILES string of the molecule is C=C(C)C(=O)OCC(=O)OC(=O)Cc1cc(OC)c(OC)cc1Br. The molecule has 0 aromatic heterocycles. The maximum atomic E-state index is 11.8. The van der Waals surface area contributed by atoms with Gasteiger partial charge in [-0.3, -0.25) is 4.79 Å². The van der Waals surface area contributed by atoms with E-state index in [9.17, 15) is 14.4 Å². The monoisotopic (exact) mass is 400 g/mol. The summed E-state index contributed by atoms with van der Waals surface area (Å²) in [5.74, 6) is -1.57. The summed E-state index contributed by atoms with van der Waals surface area (Å²) in [6.45, 7) is 4.14. The Morgan fingerprint density at radius 1 is 1.08 bits per heavy atom. The molecule has 0 heterocycles. The first-order chi connectivity index (χ1) is 11.3. The summed E-state index contributed by atoms with van der Waals surface area (Å²) in [4.78, 5) is 34.4. The highest BCUT2D eigenvalue weighted by Gasteiger charge is 2.17. The first kappa shape index (κ1) is 19.7. The van der Waals surface area contributed by atoms with Gasteiger partial charge in [0, 0.05) is 10.0 Å². The molecule has 0 saturated heterocycles. The number of benzene rings is 1. The van der Waals surface area contributed by atoms with Crippen LogP contribution in [0, 0.1) is 0 Å². The van der Waals surface area contributed by atoms with Crippen molar-refractivity contribution in [3.8, 4) is 11.5 Å². The second-order valence-corrected chi connectivity index (χ2v) is 5.53. The quantitative estimate of drug-likeness (QED) is 0.393. The van der Waals surface area contributed by atoms with E-state index in [-0.39, 0.29) is 12.0 Å². The van der Waals surface area contributed by atoms with Crippen LogP contribution in [0.5, 0.6) is 11.5 Å². The molecule has 0 unspecified atom stereocenters. The molecule has 0 amide bonds. The van der Waals surface area contributed by atoms with Crippen molar-refractivity contribution in [2.24, 2.45) is 0 Å². The van der Waals surface area contributed by atoms with Crippen molar-refractivity contribution in [2.75, 3.05) is 20.8 Å². The molecule has 1 aromatic carbocycles. The number of ether oxygens (including phenoxy) is 4. The normalized spacial score (nSPS) is 9.83. The molecule has 130 valence electrons. The van der Waals surface area contributed by atoms with E-state index in [1.165, 1.54) is 21.1 Å². The molecule has 0 spiro atoms. The van der Waals surface area contributed by atoms with Crippen LogP contribution in [-0.2, 0) is 30.3 Å². The van der Waals surface area contributed by atoms with Crippen LogP contribution in [-0.4, -0.2) is 38.7 Å². The molecule has 7 nitrogen and oxygen atoms in total. The molecule has 0 aliphatic heterocycles. The number of carbonyl (C=O) groups is 3. The fourth-order valence-electron chi connectivity index (χ4n) is 1.63. The number of carbonyl (C=O) groups excluding carboxylic acids is 3. The standard InChI is InChI=1S/C16H17BrO7/c1-9(2)16(20)23-8-15(19)24-14(18)6-10-5-12(21-3)13(22-4)7-11(10)17/h5,7H,1,6,8H2,2-4H3. The molecule has 0 radical (unpaired) electrons. The fraction of sp³-hybridized carbons (Fsp3) is 0.312. The number of methoxy groups -OCH3 is 2.